The second kappa shape index (κ2) is 11.0. The first kappa shape index (κ1) is 22.2. The number of rotatable bonds is 5. The van der Waals surface area contributed by atoms with E-state index in [1.54, 1.807) is 31.2 Å². The van der Waals surface area contributed by atoms with Crippen LogP contribution in [0.1, 0.15) is 33.3 Å². The zero-order valence-electron chi connectivity index (χ0n) is 16.4. The van der Waals surface area contributed by atoms with Crippen LogP contribution in [0.4, 0.5) is 10.5 Å². The molecule has 4 N–H and O–H groups in total. The molecule has 2 rings (SSSR count). The third-order valence-corrected chi connectivity index (χ3v) is 3.54. The predicted molar refractivity (Wildman–Crippen MR) is 108 cm³/mol. The van der Waals surface area contributed by atoms with E-state index < -0.39 is 12.2 Å². The fourth-order valence-electron chi connectivity index (χ4n) is 2.07. The van der Waals surface area contributed by atoms with Crippen LogP contribution in [0.25, 0.3) is 0 Å². The lowest BCUT2D eigenvalue weighted by atomic mass is 9.96. The summed E-state index contributed by atoms with van der Waals surface area (Å²) in [7, 11) is 0. The number of benzene rings is 2. The van der Waals surface area contributed by atoms with Crippen LogP contribution in [-0.4, -0.2) is 24.6 Å². The minimum Gasteiger partial charge on any atom is -0.436 e. The minimum absolute atomic E-state index is 0.207. The number of carbonyl (C=O) groups excluding carboxylic acids is 2. The highest BCUT2D eigenvalue weighted by Crippen LogP contribution is 2.14. The summed E-state index contributed by atoms with van der Waals surface area (Å²) in [6, 6.07) is 19.0. The Morgan fingerprint density at radius 2 is 1.56 bits per heavy atom. The number of nitrogens with one attached hydrogen (secondary N) is 2. The van der Waals surface area contributed by atoms with E-state index in [0.29, 0.717) is 12.2 Å². The molecule has 0 fully saturated rings. The molecule has 2 aromatic carbocycles. The Morgan fingerprint density at radius 1 is 1.04 bits per heavy atom. The summed E-state index contributed by atoms with van der Waals surface area (Å²) in [5, 5.41) is 5.10. The standard InChI is InChI=1S/C12H16N2O3.C9H13N/c1-3-13-11(15)9(2)17-12(16)14-10-7-5-4-6-8-10;1-9(2,10)8-6-4-3-5-7-8/h4-9H,3H2,1-2H3,(H,13,15)(H,14,16);3-7H,10H2,1-2H3/t9-;/m0./s1. The average Bonchev–Trinajstić information content (AvgIpc) is 2.63. The number of ether oxygens (including phenoxy) is 1. The molecule has 0 aliphatic carbocycles. The first-order valence-electron chi connectivity index (χ1n) is 8.88. The number of carbonyl (C=O) groups is 2. The summed E-state index contributed by atoms with van der Waals surface area (Å²) in [4.78, 5) is 22.7. The number of nitrogens with two attached hydrogens (primary N) is 1. The zero-order chi connectivity index (χ0) is 20.3. The van der Waals surface area contributed by atoms with Gasteiger partial charge in [0.25, 0.3) is 5.91 Å². The second-order valence-electron chi connectivity index (χ2n) is 6.52. The lowest BCUT2D eigenvalue weighted by molar-refractivity contribution is -0.128. The molecule has 6 nitrogen and oxygen atoms in total. The van der Waals surface area contributed by atoms with Crippen molar-refractivity contribution >= 4 is 17.7 Å². The molecule has 0 saturated heterocycles. The van der Waals surface area contributed by atoms with Gasteiger partial charge in [-0.3, -0.25) is 10.1 Å². The second-order valence-corrected chi connectivity index (χ2v) is 6.52. The van der Waals surface area contributed by atoms with Gasteiger partial charge >= 0.3 is 6.09 Å². The van der Waals surface area contributed by atoms with Gasteiger partial charge in [-0.15, -0.1) is 0 Å². The van der Waals surface area contributed by atoms with Crippen LogP contribution < -0.4 is 16.4 Å². The van der Waals surface area contributed by atoms with Gasteiger partial charge in [0, 0.05) is 17.8 Å². The van der Waals surface area contributed by atoms with Crippen LogP contribution in [0.15, 0.2) is 60.7 Å². The molecule has 0 radical (unpaired) electrons. The molecule has 146 valence electrons. The highest BCUT2D eigenvalue weighted by Gasteiger charge is 2.16. The number of para-hydroxylation sites is 1. The molecule has 27 heavy (non-hydrogen) atoms. The summed E-state index contributed by atoms with van der Waals surface area (Å²) < 4.78 is 4.91. The van der Waals surface area contributed by atoms with Crippen LogP contribution >= 0.6 is 0 Å². The molecule has 0 spiro atoms. The highest BCUT2D eigenvalue weighted by atomic mass is 16.6. The van der Waals surface area contributed by atoms with Crippen LogP contribution in [-0.2, 0) is 15.1 Å². The van der Waals surface area contributed by atoms with Crippen molar-refractivity contribution in [3.05, 3.63) is 66.2 Å². The average molecular weight is 371 g/mol. The smallest absolute Gasteiger partial charge is 0.412 e. The molecule has 1 atom stereocenters. The number of likely N-dealkylation sites (N-methyl/N-ethyl adjacent to an activating group) is 1. The van der Waals surface area contributed by atoms with E-state index in [0.717, 1.165) is 0 Å². The first-order chi connectivity index (χ1) is 12.7. The molecule has 0 aliphatic rings. The quantitative estimate of drug-likeness (QED) is 0.748. The predicted octanol–water partition coefficient (Wildman–Crippen LogP) is 3.64. The fraction of sp³-hybridized carbons (Fsp3) is 0.333. The third-order valence-electron chi connectivity index (χ3n) is 3.54. The van der Waals surface area contributed by atoms with Crippen molar-refractivity contribution in [3.63, 3.8) is 0 Å². The van der Waals surface area contributed by atoms with Crippen molar-refractivity contribution in [2.45, 2.75) is 39.3 Å². The Bertz CT molecular complexity index is 698. The SMILES string of the molecule is CC(C)(N)c1ccccc1.CCNC(=O)[C@H](C)OC(=O)Nc1ccccc1. The number of hydrogen-bond acceptors (Lipinski definition) is 4. The number of anilines is 1. The van der Waals surface area contributed by atoms with Gasteiger partial charge in [0.2, 0.25) is 0 Å². The fourth-order valence-corrected chi connectivity index (χ4v) is 2.07. The maximum absolute atomic E-state index is 11.4. The van der Waals surface area contributed by atoms with Crippen LogP contribution in [0.2, 0.25) is 0 Å². The Labute approximate surface area is 161 Å². The van der Waals surface area contributed by atoms with E-state index in [1.165, 1.54) is 12.5 Å². The molecule has 2 aromatic rings. The molecule has 0 heterocycles. The van der Waals surface area contributed by atoms with E-state index in [-0.39, 0.29) is 11.4 Å². The van der Waals surface area contributed by atoms with Crippen LogP contribution in [0, 0.1) is 0 Å². The van der Waals surface area contributed by atoms with Gasteiger partial charge in [-0.2, -0.15) is 0 Å². The van der Waals surface area contributed by atoms with Crippen molar-refractivity contribution in [3.8, 4) is 0 Å². The zero-order valence-corrected chi connectivity index (χ0v) is 16.4. The molecule has 0 unspecified atom stereocenters. The monoisotopic (exact) mass is 371 g/mol. The van der Waals surface area contributed by atoms with Crippen molar-refractivity contribution in [2.75, 3.05) is 11.9 Å². The van der Waals surface area contributed by atoms with E-state index in [9.17, 15) is 9.59 Å². The molecular weight excluding hydrogens is 342 g/mol. The Kier molecular flexibility index (Phi) is 9.02. The molecule has 0 saturated carbocycles. The van der Waals surface area contributed by atoms with Crippen molar-refractivity contribution in [1.29, 1.82) is 0 Å². The van der Waals surface area contributed by atoms with Crippen LogP contribution in [0.5, 0.6) is 0 Å². The summed E-state index contributed by atoms with van der Waals surface area (Å²) in [6.45, 7) is 7.84. The van der Waals surface area contributed by atoms with Gasteiger partial charge in [-0.25, -0.2) is 4.79 Å². The van der Waals surface area contributed by atoms with Gasteiger partial charge < -0.3 is 15.8 Å². The Balaban J connectivity index is 0.000000309. The van der Waals surface area contributed by atoms with Gasteiger partial charge in [-0.05, 0) is 45.4 Å². The molecular formula is C21H29N3O3. The molecule has 0 aromatic heterocycles. The molecule has 0 aliphatic heterocycles. The number of hydrogen-bond donors (Lipinski definition) is 3. The van der Waals surface area contributed by atoms with E-state index in [2.05, 4.69) is 10.6 Å². The number of amides is 2. The summed E-state index contributed by atoms with van der Waals surface area (Å²) >= 11 is 0. The van der Waals surface area contributed by atoms with Crippen molar-refractivity contribution in [2.24, 2.45) is 5.73 Å². The minimum atomic E-state index is -0.807. The summed E-state index contributed by atoms with van der Waals surface area (Å²) in [6.07, 6.45) is -1.45. The van der Waals surface area contributed by atoms with Crippen molar-refractivity contribution in [1.82, 2.24) is 5.32 Å². The first-order valence-corrected chi connectivity index (χ1v) is 8.88. The van der Waals surface area contributed by atoms with E-state index >= 15 is 0 Å². The maximum Gasteiger partial charge on any atom is 0.412 e. The summed E-state index contributed by atoms with van der Waals surface area (Å²) in [5.74, 6) is -0.310. The van der Waals surface area contributed by atoms with E-state index in [1.807, 2.05) is 50.2 Å². The largest absolute Gasteiger partial charge is 0.436 e. The molecule has 0 bridgehead atoms. The molecule has 2 amide bonds. The third kappa shape index (κ3) is 8.87. The highest BCUT2D eigenvalue weighted by molar-refractivity contribution is 5.88. The van der Waals surface area contributed by atoms with Gasteiger partial charge in [0.15, 0.2) is 6.10 Å². The van der Waals surface area contributed by atoms with Crippen LogP contribution in [0.3, 0.4) is 0 Å². The lowest BCUT2D eigenvalue weighted by Crippen LogP contribution is -2.36. The van der Waals surface area contributed by atoms with Crippen molar-refractivity contribution < 1.29 is 14.3 Å². The van der Waals surface area contributed by atoms with Gasteiger partial charge in [-0.1, -0.05) is 48.5 Å². The topological polar surface area (TPSA) is 93.4 Å². The van der Waals surface area contributed by atoms with Gasteiger partial charge in [0.1, 0.15) is 0 Å². The van der Waals surface area contributed by atoms with Gasteiger partial charge in [0.05, 0.1) is 0 Å². The van der Waals surface area contributed by atoms with E-state index in [4.69, 9.17) is 10.5 Å². The summed E-state index contributed by atoms with van der Waals surface area (Å²) in [5.41, 5.74) is 7.45. The Morgan fingerprint density at radius 3 is 2.00 bits per heavy atom. The normalized spacial score (nSPS) is 11.4. The maximum atomic E-state index is 11.4. The lowest BCUT2D eigenvalue weighted by Gasteiger charge is -2.18. The Hall–Kier alpha value is -2.86. The molecule has 6 heteroatoms.